The summed E-state index contributed by atoms with van der Waals surface area (Å²) in [5.41, 5.74) is 0. The van der Waals surface area contributed by atoms with Crippen molar-refractivity contribution < 1.29 is 4.39 Å². The van der Waals surface area contributed by atoms with E-state index in [-0.39, 0.29) is 8.46 Å². The van der Waals surface area contributed by atoms with Gasteiger partial charge in [0.2, 0.25) is 0 Å². The van der Waals surface area contributed by atoms with E-state index < -0.39 is 4.86 Å². The van der Waals surface area contributed by atoms with Crippen LogP contribution in [-0.2, 0) is 0 Å². The monoisotopic (exact) mass is 106 g/mol. The normalized spacial score (nSPS) is 9.80. The summed E-state index contributed by atoms with van der Waals surface area (Å²) in [6.07, 6.45) is 0. The van der Waals surface area contributed by atoms with Crippen LogP contribution in [0.5, 0.6) is 0 Å². The number of hydrogen-bond donors (Lipinski definition) is 0. The lowest BCUT2D eigenvalue weighted by molar-refractivity contribution is 0.852. The van der Waals surface area contributed by atoms with E-state index in [4.69, 9.17) is 0 Å². The van der Waals surface area contributed by atoms with Crippen LogP contribution in [0.15, 0.2) is 0 Å². The maximum atomic E-state index is 11.0. The molecule has 0 rings (SSSR count). The van der Waals surface area contributed by atoms with Crippen LogP contribution in [0.3, 0.4) is 0 Å². The fourth-order valence-electron chi connectivity index (χ4n) is 0. The second-order valence-corrected chi connectivity index (χ2v) is 1.87. The summed E-state index contributed by atoms with van der Waals surface area (Å²) in [5, 5.41) is 0. The van der Waals surface area contributed by atoms with Gasteiger partial charge < -0.3 is 0 Å². The first-order valence-electron chi connectivity index (χ1n) is 0.932. The van der Waals surface area contributed by atoms with Crippen molar-refractivity contribution in [2.75, 3.05) is 0 Å². The van der Waals surface area contributed by atoms with Crippen LogP contribution in [0.4, 0.5) is 4.39 Å². The van der Waals surface area contributed by atoms with Crippen LogP contribution >= 0.6 is 20.7 Å². The van der Waals surface area contributed by atoms with Gasteiger partial charge in [0.15, 0.2) is 4.86 Å². The molecule has 2 radical (unpaired) electrons. The molecule has 0 heterocycles. The first kappa shape index (κ1) is 5.51. The number of thiocarbonyl (C=S) groups is 1. The van der Waals surface area contributed by atoms with Gasteiger partial charge in [-0.1, -0.05) is 8.46 Å². The average Bonchev–Trinajstić information content (AvgIpc) is 1.38. The predicted octanol–water partition coefficient (Wildman–Crippen LogP) is 1.00. The predicted molar refractivity (Wildman–Crippen MR) is 27.8 cm³/mol. The molecule has 0 fully saturated rings. The molecule has 0 saturated heterocycles. The van der Waals surface area contributed by atoms with E-state index in [2.05, 4.69) is 19.8 Å². The summed E-state index contributed by atoms with van der Waals surface area (Å²) < 4.78 is 11.0. The van der Waals surface area contributed by atoms with Crippen molar-refractivity contribution in [2.45, 2.75) is 0 Å². The Morgan fingerprint density at radius 2 is 2.20 bits per heavy atom. The summed E-state index contributed by atoms with van der Waals surface area (Å²) in [7, 11) is 4.36. The topological polar surface area (TPSA) is 0 Å². The minimum Gasteiger partial charge on any atom is -0.195 e. The van der Waals surface area contributed by atoms with E-state index in [1.807, 2.05) is 0 Å². The summed E-state index contributed by atoms with van der Waals surface area (Å²) in [6, 6.07) is 0. The maximum absolute atomic E-state index is 11.0. The van der Waals surface area contributed by atoms with Crippen LogP contribution in [-0.4, -0.2) is 12.4 Å². The van der Waals surface area contributed by atoms with Crippen molar-refractivity contribution in [3.05, 3.63) is 0 Å². The number of rotatable bonds is 1. The molecule has 0 aromatic heterocycles. The van der Waals surface area contributed by atoms with Gasteiger partial charge >= 0.3 is 0 Å². The van der Waals surface area contributed by atoms with Gasteiger partial charge in [0.05, 0.1) is 0 Å². The van der Waals surface area contributed by atoms with E-state index in [0.29, 0.717) is 0 Å². The van der Waals surface area contributed by atoms with Crippen molar-refractivity contribution in [3.63, 3.8) is 0 Å². The molecule has 0 saturated carbocycles. The van der Waals surface area contributed by atoms with Crippen LogP contribution < -0.4 is 0 Å². The lowest BCUT2D eigenvalue weighted by atomic mass is 10.8. The minimum atomic E-state index is -0.606. The van der Waals surface area contributed by atoms with Crippen molar-refractivity contribution >= 4 is 33.1 Å². The number of halogens is 1. The Labute approximate surface area is 38.3 Å². The van der Waals surface area contributed by atoms with Crippen molar-refractivity contribution in [1.82, 2.24) is 0 Å². The largest absolute Gasteiger partial charge is 0.195 e. The highest BCUT2D eigenvalue weighted by molar-refractivity contribution is 7.99. The quantitative estimate of drug-likeness (QED) is 0.208. The zero-order valence-corrected chi connectivity index (χ0v) is 4.18. The summed E-state index contributed by atoms with van der Waals surface area (Å²) in [5.74, 6) is 0. The van der Waals surface area contributed by atoms with E-state index in [1.54, 1.807) is 0 Å². The molecule has 26 valence electrons. The molecule has 5 heavy (non-hydrogen) atoms. The second kappa shape index (κ2) is 2.74. The van der Waals surface area contributed by atoms with Gasteiger partial charge in [0.25, 0.3) is 0 Å². The number of hydrogen-bond acceptors (Lipinski definition) is 1. The van der Waals surface area contributed by atoms with Gasteiger partial charge in [0, 0.05) is 0 Å². The Kier molecular flexibility index (Phi) is 3.02. The Morgan fingerprint density at radius 1 is 2.00 bits per heavy atom. The highest BCUT2D eigenvalue weighted by atomic mass is 32.1. The molecule has 0 aliphatic rings. The lowest BCUT2D eigenvalue weighted by Crippen LogP contribution is -1.60. The highest BCUT2D eigenvalue weighted by Crippen LogP contribution is 2.03. The van der Waals surface area contributed by atoms with Crippen LogP contribution in [0.25, 0.3) is 0 Å². The summed E-state index contributed by atoms with van der Waals surface area (Å²) in [4.78, 5) is -0.606. The van der Waals surface area contributed by atoms with Gasteiger partial charge in [-0.25, -0.2) is 0 Å². The molecule has 0 nitrogen and oxygen atoms in total. The molecule has 0 spiro atoms. The van der Waals surface area contributed by atoms with Crippen molar-refractivity contribution in [2.24, 2.45) is 0 Å². The summed E-state index contributed by atoms with van der Waals surface area (Å²) >= 11 is 3.92. The molecule has 0 aromatic carbocycles. The van der Waals surface area contributed by atoms with E-state index >= 15 is 0 Å². The van der Waals surface area contributed by atoms with E-state index in [1.165, 1.54) is 0 Å². The third-order valence-electron chi connectivity index (χ3n) is 0.113. The first-order chi connectivity index (χ1) is 2.27. The Bertz CT molecular complexity index is 46.9. The maximum Gasteiger partial charge on any atom is 0.171 e. The zero-order chi connectivity index (χ0) is 4.28. The zero-order valence-electron chi connectivity index (χ0n) is 2.36. The van der Waals surface area contributed by atoms with Gasteiger partial charge in [-0.15, -0.1) is 0 Å². The van der Waals surface area contributed by atoms with Crippen LogP contribution in [0.2, 0.25) is 0 Å². The Hall–Kier alpha value is 0.515. The molecule has 0 amide bonds. The van der Waals surface area contributed by atoms with Crippen LogP contribution in [0, 0.1) is 0 Å². The van der Waals surface area contributed by atoms with E-state index in [9.17, 15) is 4.39 Å². The molecule has 1 unspecified atom stereocenters. The fourth-order valence-corrected chi connectivity index (χ4v) is 0. The molecule has 0 N–H and O–H groups in total. The molecular weight excluding hydrogens is 105 g/mol. The highest BCUT2D eigenvalue weighted by Gasteiger charge is 1.76. The van der Waals surface area contributed by atoms with Crippen molar-refractivity contribution in [3.8, 4) is 0 Å². The molecule has 0 aromatic rings. The Morgan fingerprint density at radius 3 is 2.20 bits per heavy atom. The lowest BCUT2D eigenvalue weighted by Gasteiger charge is -1.72. The third-order valence-corrected chi connectivity index (χ3v) is 0.694. The van der Waals surface area contributed by atoms with Gasteiger partial charge in [-0.2, -0.15) is 4.39 Å². The van der Waals surface area contributed by atoms with Crippen molar-refractivity contribution in [1.29, 1.82) is 0 Å². The summed E-state index contributed by atoms with van der Waals surface area (Å²) in [6.45, 7) is 0. The molecule has 4 heteroatoms. The molecule has 1 atom stereocenters. The van der Waals surface area contributed by atoms with Crippen LogP contribution in [0.1, 0.15) is 0 Å². The molecular formula is CHBFPS. The first-order valence-corrected chi connectivity index (χ1v) is 2.42. The SMILES string of the molecule is [B]PC(F)=S. The van der Waals surface area contributed by atoms with Gasteiger partial charge in [0.1, 0.15) is 7.57 Å². The van der Waals surface area contributed by atoms with E-state index in [0.717, 1.165) is 0 Å². The minimum absolute atomic E-state index is 0.321. The second-order valence-electron chi connectivity index (χ2n) is 0.418. The average molecular weight is 106 g/mol. The molecule has 0 bridgehead atoms. The fraction of sp³-hybridized carbons (Fsp3) is 0. The molecule has 0 aliphatic carbocycles. The Balaban J connectivity index is 2.85. The van der Waals surface area contributed by atoms with Gasteiger partial charge in [-0.3, -0.25) is 0 Å². The smallest absolute Gasteiger partial charge is 0.171 e. The molecule has 0 aliphatic heterocycles. The third kappa shape index (κ3) is 4.51. The van der Waals surface area contributed by atoms with Gasteiger partial charge in [-0.05, 0) is 12.2 Å². The standard InChI is InChI=1S/CHBFPS/c2-4-1(3)5/h4H.